The highest BCUT2D eigenvalue weighted by Crippen LogP contribution is 2.72. The molecule has 0 amide bonds. The van der Waals surface area contributed by atoms with E-state index in [0.717, 1.165) is 31.7 Å². The molecule has 1 aromatic rings. The highest BCUT2D eigenvalue weighted by atomic mass is 19.4. The Balaban J connectivity index is 1.11. The van der Waals surface area contributed by atoms with Gasteiger partial charge in [0.05, 0.1) is 17.1 Å². The van der Waals surface area contributed by atoms with Crippen LogP contribution < -0.4 is 4.90 Å². The molecule has 3 saturated heterocycles. The number of piperazine rings is 1. The number of hydrogen-bond acceptors (Lipinski definition) is 5. The van der Waals surface area contributed by atoms with E-state index in [4.69, 9.17) is 9.47 Å². The standard InChI is InChI=1S/C26H33F3N2O3/c1-23-7-4-8-24(2)25(23,34-24)14-19-20(22(32)33-21(19)15-23)16-30-9-11-31(12-10-30)18-6-3-5-17(13-18)26(27,28)29/h3,5-6,13,19-21H,4,7-12,14-16H2,1-2H3/t19-,20-,21-,23-,24-,25+/m1/s1. The first-order chi connectivity index (χ1) is 16.0. The number of alkyl halides is 3. The molecule has 0 unspecified atom stereocenters. The lowest BCUT2D eigenvalue weighted by Crippen LogP contribution is -2.54. The van der Waals surface area contributed by atoms with Crippen LogP contribution in [0.4, 0.5) is 18.9 Å². The van der Waals surface area contributed by atoms with Crippen molar-refractivity contribution in [3.63, 3.8) is 0 Å². The summed E-state index contributed by atoms with van der Waals surface area (Å²) in [6.45, 7) is 7.93. The van der Waals surface area contributed by atoms with Gasteiger partial charge in [-0.25, -0.2) is 0 Å². The molecule has 0 N–H and O–H groups in total. The fraction of sp³-hybridized carbons (Fsp3) is 0.731. The van der Waals surface area contributed by atoms with Crippen LogP contribution in [0.1, 0.15) is 51.5 Å². The summed E-state index contributed by atoms with van der Waals surface area (Å²) in [5, 5.41) is 0. The van der Waals surface area contributed by atoms with Crippen LogP contribution in [-0.4, -0.2) is 60.9 Å². The summed E-state index contributed by atoms with van der Waals surface area (Å²) < 4.78 is 51.7. The van der Waals surface area contributed by atoms with Gasteiger partial charge in [-0.1, -0.05) is 13.0 Å². The van der Waals surface area contributed by atoms with Crippen LogP contribution in [0.2, 0.25) is 0 Å². The van der Waals surface area contributed by atoms with Crippen LogP contribution >= 0.6 is 0 Å². The molecule has 8 heteroatoms. The molecule has 186 valence electrons. The molecule has 3 aliphatic heterocycles. The van der Waals surface area contributed by atoms with Gasteiger partial charge in [0, 0.05) is 49.7 Å². The van der Waals surface area contributed by atoms with Crippen molar-refractivity contribution in [2.24, 2.45) is 17.3 Å². The summed E-state index contributed by atoms with van der Waals surface area (Å²) in [6.07, 6.45) is 0.810. The summed E-state index contributed by atoms with van der Waals surface area (Å²) in [7, 11) is 0. The molecule has 1 aromatic carbocycles. The van der Waals surface area contributed by atoms with E-state index in [1.807, 2.05) is 4.90 Å². The second kappa shape index (κ2) is 7.36. The predicted molar refractivity (Wildman–Crippen MR) is 120 cm³/mol. The maximum absolute atomic E-state index is 13.1. The third-order valence-electron chi connectivity index (χ3n) is 9.67. The first-order valence-corrected chi connectivity index (χ1v) is 12.6. The Labute approximate surface area is 198 Å². The number of benzene rings is 1. The molecule has 6 rings (SSSR count). The molecule has 0 bridgehead atoms. The number of ether oxygens (including phenoxy) is 2. The van der Waals surface area contributed by atoms with Crippen LogP contribution in [0.15, 0.2) is 24.3 Å². The van der Waals surface area contributed by atoms with Gasteiger partial charge in [-0.3, -0.25) is 9.69 Å². The van der Waals surface area contributed by atoms with Gasteiger partial charge in [-0.15, -0.1) is 0 Å². The monoisotopic (exact) mass is 478 g/mol. The smallest absolute Gasteiger partial charge is 0.416 e. The van der Waals surface area contributed by atoms with Crippen molar-refractivity contribution in [2.75, 3.05) is 37.6 Å². The number of nitrogens with zero attached hydrogens (tertiary/aromatic N) is 2. The van der Waals surface area contributed by atoms with E-state index in [-0.39, 0.29) is 40.5 Å². The topological polar surface area (TPSA) is 45.3 Å². The summed E-state index contributed by atoms with van der Waals surface area (Å²) in [6, 6.07) is 5.54. The zero-order valence-corrected chi connectivity index (χ0v) is 19.9. The van der Waals surface area contributed by atoms with E-state index in [1.54, 1.807) is 6.07 Å². The van der Waals surface area contributed by atoms with Gasteiger partial charge in [0.2, 0.25) is 0 Å². The van der Waals surface area contributed by atoms with Crippen LogP contribution in [0.3, 0.4) is 0 Å². The number of esters is 1. The van der Waals surface area contributed by atoms with Crippen LogP contribution in [0.25, 0.3) is 0 Å². The predicted octanol–water partition coefficient (Wildman–Crippen LogP) is 4.50. The second-order valence-electron chi connectivity index (χ2n) is 11.6. The Morgan fingerprint density at radius 2 is 1.85 bits per heavy atom. The fourth-order valence-electron chi connectivity index (χ4n) is 7.72. The normalized spacial score (nSPS) is 42.0. The van der Waals surface area contributed by atoms with Gasteiger partial charge in [-0.2, -0.15) is 13.2 Å². The molecule has 2 saturated carbocycles. The van der Waals surface area contributed by atoms with E-state index in [2.05, 4.69) is 18.7 Å². The molecule has 5 nitrogen and oxygen atoms in total. The van der Waals surface area contributed by atoms with Gasteiger partial charge >= 0.3 is 12.1 Å². The van der Waals surface area contributed by atoms with Gasteiger partial charge in [0.15, 0.2) is 0 Å². The Kier molecular flexibility index (Phi) is 4.90. The molecule has 5 aliphatic rings. The Hall–Kier alpha value is -1.80. The van der Waals surface area contributed by atoms with E-state index in [1.165, 1.54) is 18.6 Å². The molecule has 2 aliphatic carbocycles. The van der Waals surface area contributed by atoms with Gasteiger partial charge in [0.25, 0.3) is 0 Å². The average Bonchev–Trinajstić information content (AvgIpc) is 3.31. The minimum Gasteiger partial charge on any atom is -0.462 e. The molecule has 34 heavy (non-hydrogen) atoms. The largest absolute Gasteiger partial charge is 0.462 e. The van der Waals surface area contributed by atoms with Crippen LogP contribution in [0.5, 0.6) is 0 Å². The van der Waals surface area contributed by atoms with Crippen molar-refractivity contribution < 1.29 is 27.4 Å². The Morgan fingerprint density at radius 3 is 2.59 bits per heavy atom. The van der Waals surface area contributed by atoms with Crippen molar-refractivity contribution in [3.05, 3.63) is 29.8 Å². The number of carbonyl (C=O) groups is 1. The van der Waals surface area contributed by atoms with Crippen molar-refractivity contribution in [2.45, 2.75) is 69.4 Å². The van der Waals surface area contributed by atoms with E-state index in [9.17, 15) is 18.0 Å². The number of hydrogen-bond donors (Lipinski definition) is 0. The zero-order valence-electron chi connectivity index (χ0n) is 19.9. The number of rotatable bonds is 3. The van der Waals surface area contributed by atoms with Gasteiger partial charge < -0.3 is 14.4 Å². The van der Waals surface area contributed by atoms with E-state index in [0.29, 0.717) is 38.4 Å². The molecule has 0 aromatic heterocycles. The maximum atomic E-state index is 13.1. The minimum absolute atomic E-state index is 0.0222. The highest BCUT2D eigenvalue weighted by Gasteiger charge is 2.79. The van der Waals surface area contributed by atoms with Gasteiger partial charge in [-0.05, 0) is 57.2 Å². The van der Waals surface area contributed by atoms with Crippen LogP contribution in [-0.2, 0) is 20.4 Å². The quantitative estimate of drug-likeness (QED) is 0.473. The fourth-order valence-corrected chi connectivity index (χ4v) is 7.72. The summed E-state index contributed by atoms with van der Waals surface area (Å²) in [4.78, 5) is 17.2. The van der Waals surface area contributed by atoms with E-state index < -0.39 is 11.7 Å². The molecule has 3 heterocycles. The SMILES string of the molecule is C[C@]12CCC[C@@]3(C)O[C@@]13C[C@H]1[C@@H](C2)OC(=O)[C@@H]1CN1CCN(c2cccc(C(F)(F)F)c2)CC1. The minimum atomic E-state index is -4.34. The lowest BCUT2D eigenvalue weighted by molar-refractivity contribution is -0.146. The summed E-state index contributed by atoms with van der Waals surface area (Å²) in [5.74, 6) is -0.0577. The lowest BCUT2D eigenvalue weighted by Gasteiger charge is -2.48. The van der Waals surface area contributed by atoms with Crippen LogP contribution in [0, 0.1) is 17.3 Å². The molecule has 0 radical (unpaired) electrons. The number of epoxide rings is 1. The molecular formula is C26H33F3N2O3. The Morgan fingerprint density at radius 1 is 1.09 bits per heavy atom. The number of fused-ring (bicyclic) bond motifs is 1. The van der Waals surface area contributed by atoms with E-state index >= 15 is 0 Å². The van der Waals surface area contributed by atoms with Crippen molar-refractivity contribution in [1.29, 1.82) is 0 Å². The Bertz CT molecular complexity index is 994. The molecule has 6 atom stereocenters. The number of carbonyl (C=O) groups excluding carboxylic acids is 1. The maximum Gasteiger partial charge on any atom is 0.416 e. The van der Waals surface area contributed by atoms with Crippen molar-refractivity contribution in [3.8, 4) is 0 Å². The summed E-state index contributed by atoms with van der Waals surface area (Å²) >= 11 is 0. The molecular weight excluding hydrogens is 445 g/mol. The second-order valence-corrected chi connectivity index (χ2v) is 11.6. The molecule has 5 fully saturated rings. The number of anilines is 1. The highest BCUT2D eigenvalue weighted by molar-refractivity contribution is 5.76. The van der Waals surface area contributed by atoms with Crippen molar-refractivity contribution in [1.82, 2.24) is 4.90 Å². The summed E-state index contributed by atoms with van der Waals surface area (Å²) in [5.41, 5.74) is -0.116. The molecule has 1 spiro atoms. The van der Waals surface area contributed by atoms with Crippen molar-refractivity contribution >= 4 is 11.7 Å². The average molecular weight is 479 g/mol. The number of halogens is 3. The first kappa shape index (κ1) is 22.7. The third-order valence-corrected chi connectivity index (χ3v) is 9.67. The third kappa shape index (κ3) is 3.31. The zero-order chi connectivity index (χ0) is 23.9. The lowest BCUT2D eigenvalue weighted by atomic mass is 9.53. The van der Waals surface area contributed by atoms with Gasteiger partial charge in [0.1, 0.15) is 11.7 Å². The first-order valence-electron chi connectivity index (χ1n) is 12.6.